The lowest BCUT2D eigenvalue weighted by Gasteiger charge is -2.05. The molecule has 0 spiro atoms. The van der Waals surface area contributed by atoms with Gasteiger partial charge in [-0.15, -0.1) is 11.3 Å². The quantitative estimate of drug-likeness (QED) is 0.310. The third-order valence-corrected chi connectivity index (χ3v) is 7.41. The Morgan fingerprint density at radius 2 is 1.97 bits per heavy atom. The van der Waals surface area contributed by atoms with Crippen LogP contribution in [0.1, 0.15) is 17.0 Å². The molecular formula is C21H19NO4S3. The molecule has 0 aliphatic rings. The molecule has 0 saturated carbocycles. The maximum absolute atomic E-state index is 11.1. The molecule has 0 bridgehead atoms. The minimum Gasteiger partial charge on any atom is -0.748 e. The Bertz CT molecular complexity index is 1290. The first-order chi connectivity index (χ1) is 14.0. The summed E-state index contributed by atoms with van der Waals surface area (Å²) >= 11 is 3.25. The fraction of sp³-hybridized carbons (Fsp3) is 0.190. The minimum absolute atomic E-state index is 0.271. The number of thiazole rings is 1. The number of benzene rings is 2. The summed E-state index contributed by atoms with van der Waals surface area (Å²) in [5.74, 6) is 0.450. The Morgan fingerprint density at radius 3 is 2.69 bits per heavy atom. The van der Waals surface area contributed by atoms with Crippen LogP contribution >= 0.6 is 22.7 Å². The van der Waals surface area contributed by atoms with Gasteiger partial charge in [0.25, 0.3) is 5.01 Å². The summed E-state index contributed by atoms with van der Waals surface area (Å²) in [7, 11) is -2.57. The molecule has 0 amide bonds. The van der Waals surface area contributed by atoms with Crippen molar-refractivity contribution in [1.29, 1.82) is 0 Å². The van der Waals surface area contributed by atoms with E-state index in [0.717, 1.165) is 36.6 Å². The van der Waals surface area contributed by atoms with Crippen LogP contribution in [0.25, 0.3) is 32.5 Å². The summed E-state index contributed by atoms with van der Waals surface area (Å²) in [5.41, 5.74) is 2.13. The Kier molecular flexibility index (Phi) is 5.69. The average Bonchev–Trinajstić information content (AvgIpc) is 3.30. The van der Waals surface area contributed by atoms with Crippen molar-refractivity contribution in [2.45, 2.75) is 13.0 Å². The Morgan fingerprint density at radius 1 is 1.17 bits per heavy atom. The number of thiophene rings is 1. The van der Waals surface area contributed by atoms with E-state index >= 15 is 0 Å². The Balaban J connectivity index is 1.84. The number of methoxy groups -OCH3 is 1. The molecule has 2 aromatic heterocycles. The van der Waals surface area contributed by atoms with Gasteiger partial charge in [-0.05, 0) is 23.1 Å². The molecule has 0 radical (unpaired) electrons. The first-order valence-corrected chi connectivity index (χ1v) is 12.3. The van der Waals surface area contributed by atoms with Crippen LogP contribution in [0.4, 0.5) is 0 Å². The predicted molar refractivity (Wildman–Crippen MR) is 119 cm³/mol. The summed E-state index contributed by atoms with van der Waals surface area (Å²) in [4.78, 5) is 0. The van der Waals surface area contributed by atoms with Crippen LogP contribution in [0.15, 0.2) is 47.8 Å². The monoisotopic (exact) mass is 445 g/mol. The van der Waals surface area contributed by atoms with E-state index in [2.05, 4.69) is 4.57 Å². The zero-order chi connectivity index (χ0) is 20.4. The van der Waals surface area contributed by atoms with E-state index in [1.54, 1.807) is 29.8 Å². The third-order valence-electron chi connectivity index (χ3n) is 4.61. The number of fused-ring (bicyclic) bond motifs is 3. The van der Waals surface area contributed by atoms with Crippen molar-refractivity contribution in [3.05, 3.63) is 58.4 Å². The molecule has 0 aliphatic carbocycles. The summed E-state index contributed by atoms with van der Waals surface area (Å²) < 4.78 is 43.1. The Hall–Kier alpha value is -2.26. The fourth-order valence-corrected chi connectivity index (χ4v) is 5.96. The lowest BCUT2D eigenvalue weighted by atomic mass is 10.2. The first kappa shape index (κ1) is 20.0. The van der Waals surface area contributed by atoms with Crippen molar-refractivity contribution in [2.24, 2.45) is 0 Å². The summed E-state index contributed by atoms with van der Waals surface area (Å²) in [6.07, 6.45) is 4.35. The number of nitrogens with zero attached hydrogens (tertiary/aromatic N) is 1. The number of aryl methyl sites for hydroxylation is 1. The molecule has 2 heterocycles. The van der Waals surface area contributed by atoms with E-state index in [9.17, 15) is 13.0 Å². The van der Waals surface area contributed by atoms with Gasteiger partial charge in [0.15, 0.2) is 6.54 Å². The van der Waals surface area contributed by atoms with Crippen LogP contribution in [0.3, 0.4) is 0 Å². The molecule has 29 heavy (non-hydrogen) atoms. The molecule has 2 aromatic carbocycles. The van der Waals surface area contributed by atoms with Crippen molar-refractivity contribution in [3.63, 3.8) is 0 Å². The lowest BCUT2D eigenvalue weighted by Crippen LogP contribution is -2.36. The minimum atomic E-state index is -4.24. The second kappa shape index (κ2) is 8.23. The maximum atomic E-state index is 11.1. The summed E-state index contributed by atoms with van der Waals surface area (Å²) in [6.45, 7) is 0.454. The highest BCUT2D eigenvalue weighted by atomic mass is 32.2. The van der Waals surface area contributed by atoms with Crippen molar-refractivity contribution >= 4 is 65.2 Å². The first-order valence-electron chi connectivity index (χ1n) is 9.03. The van der Waals surface area contributed by atoms with Crippen LogP contribution in [-0.2, 0) is 16.7 Å². The molecule has 0 atom stereocenters. The Labute approximate surface area is 177 Å². The van der Waals surface area contributed by atoms with Gasteiger partial charge in [-0.1, -0.05) is 41.7 Å². The maximum Gasteiger partial charge on any atom is 0.262 e. The van der Waals surface area contributed by atoms with Crippen molar-refractivity contribution in [2.75, 3.05) is 12.9 Å². The number of hydrogen-bond donors (Lipinski definition) is 0. The summed E-state index contributed by atoms with van der Waals surface area (Å²) in [5, 5.41) is 4.05. The SMILES string of the molecule is COc1cc2sc(/C=C/c3ccccc3)[n+](CCCS(=O)(=O)[O-])c2c2sccc12. The highest BCUT2D eigenvalue weighted by Crippen LogP contribution is 2.38. The predicted octanol–water partition coefficient (Wildman–Crippen LogP) is 4.52. The summed E-state index contributed by atoms with van der Waals surface area (Å²) in [6, 6.07) is 14.0. The topological polar surface area (TPSA) is 70.3 Å². The number of ether oxygens (including phenoxy) is 1. The van der Waals surface area contributed by atoms with Crippen molar-refractivity contribution in [1.82, 2.24) is 0 Å². The molecule has 0 fully saturated rings. The molecule has 4 aromatic rings. The van der Waals surface area contributed by atoms with Gasteiger partial charge in [0.05, 0.1) is 17.2 Å². The molecular weight excluding hydrogens is 426 g/mol. The normalized spacial score (nSPS) is 12.3. The molecule has 0 unspecified atom stereocenters. The van der Waals surface area contributed by atoms with Gasteiger partial charge >= 0.3 is 0 Å². The van der Waals surface area contributed by atoms with E-state index in [1.807, 2.05) is 60.0 Å². The molecule has 5 nitrogen and oxygen atoms in total. The molecule has 0 N–H and O–H groups in total. The van der Waals surface area contributed by atoms with Crippen LogP contribution in [0.2, 0.25) is 0 Å². The van der Waals surface area contributed by atoms with E-state index in [0.29, 0.717) is 6.54 Å². The number of hydrogen-bond acceptors (Lipinski definition) is 6. The number of aromatic nitrogens is 1. The molecule has 0 saturated heterocycles. The molecule has 8 heteroatoms. The van der Waals surface area contributed by atoms with Gasteiger partial charge in [0, 0.05) is 29.7 Å². The number of rotatable bonds is 7. The largest absolute Gasteiger partial charge is 0.748 e. The highest BCUT2D eigenvalue weighted by Gasteiger charge is 2.24. The van der Waals surface area contributed by atoms with Gasteiger partial charge in [-0.2, -0.15) is 4.57 Å². The third kappa shape index (κ3) is 4.35. The lowest BCUT2D eigenvalue weighted by molar-refractivity contribution is -0.667. The molecule has 0 aliphatic heterocycles. The zero-order valence-electron chi connectivity index (χ0n) is 15.7. The van der Waals surface area contributed by atoms with Crippen LogP contribution in [-0.4, -0.2) is 25.8 Å². The van der Waals surface area contributed by atoms with Crippen LogP contribution in [0.5, 0.6) is 5.75 Å². The zero-order valence-corrected chi connectivity index (χ0v) is 18.1. The molecule has 4 rings (SSSR count). The second-order valence-corrected chi connectivity index (χ2v) is 10.0. The van der Waals surface area contributed by atoms with Crippen LogP contribution < -0.4 is 9.30 Å². The van der Waals surface area contributed by atoms with E-state index in [1.165, 1.54) is 0 Å². The van der Waals surface area contributed by atoms with Crippen molar-refractivity contribution < 1.29 is 22.3 Å². The van der Waals surface area contributed by atoms with Gasteiger partial charge in [-0.3, -0.25) is 0 Å². The van der Waals surface area contributed by atoms with Gasteiger partial charge in [-0.25, -0.2) is 8.42 Å². The van der Waals surface area contributed by atoms with E-state index in [-0.39, 0.29) is 12.2 Å². The average molecular weight is 446 g/mol. The van der Waals surface area contributed by atoms with E-state index in [4.69, 9.17) is 4.74 Å². The van der Waals surface area contributed by atoms with Gasteiger partial charge in [0.1, 0.15) is 15.1 Å². The van der Waals surface area contributed by atoms with E-state index < -0.39 is 10.1 Å². The second-order valence-electron chi connectivity index (χ2n) is 6.54. The van der Waals surface area contributed by atoms with Crippen molar-refractivity contribution in [3.8, 4) is 5.75 Å². The standard InChI is InChI=1S/C21H19NO4S3/c1-26-17-14-18-20(21-16(17)10-12-27-21)22(11-5-13-29(23,24)25)19(28-18)9-8-15-6-3-2-4-7-15/h2-4,6-10,12,14H,5,11,13H2,1H3/b9-8+. The van der Waals surface area contributed by atoms with Gasteiger partial charge in [0.2, 0.25) is 5.52 Å². The highest BCUT2D eigenvalue weighted by molar-refractivity contribution is 7.85. The van der Waals surface area contributed by atoms with Gasteiger partial charge < -0.3 is 9.29 Å². The molecule has 150 valence electrons. The smallest absolute Gasteiger partial charge is 0.262 e. The fourth-order valence-electron chi connectivity index (χ4n) is 3.32. The van der Waals surface area contributed by atoms with Crippen LogP contribution in [0, 0.1) is 0 Å².